The van der Waals surface area contributed by atoms with Crippen LogP contribution in [0.15, 0.2) is 0 Å². The molecule has 2 fully saturated rings. The fourth-order valence-corrected chi connectivity index (χ4v) is 2.33. The molecule has 2 aliphatic rings. The van der Waals surface area contributed by atoms with Crippen molar-refractivity contribution in [1.29, 1.82) is 0 Å². The van der Waals surface area contributed by atoms with Gasteiger partial charge in [0.1, 0.15) is 0 Å². The molecule has 0 aliphatic carbocycles. The summed E-state index contributed by atoms with van der Waals surface area (Å²) in [5.74, 6) is 0.189. The van der Waals surface area contributed by atoms with Crippen LogP contribution in [-0.2, 0) is 4.79 Å². The third kappa shape index (κ3) is 1.56. The molecule has 74 valence electrons. The van der Waals surface area contributed by atoms with Crippen molar-refractivity contribution in [2.75, 3.05) is 19.7 Å². The summed E-state index contributed by atoms with van der Waals surface area (Å²) in [6.07, 6.45) is 3.32. The molecule has 0 spiro atoms. The number of piperazine rings is 1. The Hall–Kier alpha value is -0.610. The third-order valence-corrected chi connectivity index (χ3v) is 3.05. The molecule has 0 saturated carbocycles. The molecule has 2 atom stereocenters. The van der Waals surface area contributed by atoms with E-state index in [1.807, 2.05) is 4.90 Å². The van der Waals surface area contributed by atoms with Crippen molar-refractivity contribution in [1.82, 2.24) is 10.2 Å². The van der Waals surface area contributed by atoms with Crippen molar-refractivity contribution >= 4 is 5.91 Å². The van der Waals surface area contributed by atoms with Crippen molar-refractivity contribution in [3.63, 3.8) is 0 Å². The number of hydrogen-bond donors (Lipinski definition) is 2. The molecule has 2 unspecified atom stereocenters. The van der Waals surface area contributed by atoms with Gasteiger partial charge in [-0.05, 0) is 19.3 Å². The van der Waals surface area contributed by atoms with E-state index in [0.717, 1.165) is 19.4 Å². The van der Waals surface area contributed by atoms with Gasteiger partial charge < -0.3 is 15.3 Å². The van der Waals surface area contributed by atoms with Crippen molar-refractivity contribution in [3.8, 4) is 0 Å². The minimum atomic E-state index is 0.0954. The summed E-state index contributed by atoms with van der Waals surface area (Å²) >= 11 is 0. The number of piperidine rings is 1. The monoisotopic (exact) mass is 184 g/mol. The summed E-state index contributed by atoms with van der Waals surface area (Å²) in [5, 5.41) is 12.2. The van der Waals surface area contributed by atoms with Crippen molar-refractivity contribution in [2.45, 2.75) is 31.3 Å². The lowest BCUT2D eigenvalue weighted by molar-refractivity contribution is -0.138. The Morgan fingerprint density at radius 1 is 1.54 bits per heavy atom. The zero-order valence-electron chi connectivity index (χ0n) is 7.70. The number of hydrogen-bond acceptors (Lipinski definition) is 3. The lowest BCUT2D eigenvalue weighted by Crippen LogP contribution is -2.63. The van der Waals surface area contributed by atoms with Crippen LogP contribution in [0.2, 0.25) is 0 Å². The van der Waals surface area contributed by atoms with Crippen LogP contribution < -0.4 is 5.32 Å². The Balaban J connectivity index is 2.09. The zero-order chi connectivity index (χ0) is 9.26. The first-order valence-corrected chi connectivity index (χ1v) is 4.96. The van der Waals surface area contributed by atoms with E-state index in [2.05, 4.69) is 5.32 Å². The molecule has 2 rings (SSSR count). The number of rotatable bonds is 1. The van der Waals surface area contributed by atoms with Gasteiger partial charge in [0.05, 0.1) is 19.2 Å². The maximum atomic E-state index is 11.5. The van der Waals surface area contributed by atoms with Crippen LogP contribution in [0.5, 0.6) is 0 Å². The van der Waals surface area contributed by atoms with Gasteiger partial charge in [0.15, 0.2) is 0 Å². The van der Waals surface area contributed by atoms with E-state index in [1.165, 1.54) is 6.42 Å². The van der Waals surface area contributed by atoms with Crippen molar-refractivity contribution in [2.24, 2.45) is 0 Å². The summed E-state index contributed by atoms with van der Waals surface area (Å²) in [7, 11) is 0. The molecule has 4 heteroatoms. The molecule has 0 bridgehead atoms. The average molecular weight is 184 g/mol. The molecular weight excluding hydrogens is 168 g/mol. The standard InChI is InChI=1S/C9H16N2O2/c12-6-7-8-3-1-2-4-11(8)9(13)5-10-7/h7-8,10,12H,1-6H2. The van der Waals surface area contributed by atoms with E-state index in [-0.39, 0.29) is 24.6 Å². The highest BCUT2D eigenvalue weighted by molar-refractivity contribution is 5.79. The summed E-state index contributed by atoms with van der Waals surface area (Å²) in [5.41, 5.74) is 0. The van der Waals surface area contributed by atoms with E-state index in [9.17, 15) is 4.79 Å². The summed E-state index contributed by atoms with van der Waals surface area (Å²) in [4.78, 5) is 13.4. The highest BCUT2D eigenvalue weighted by Crippen LogP contribution is 2.22. The Bertz CT molecular complexity index is 208. The number of aliphatic hydroxyl groups is 1. The van der Waals surface area contributed by atoms with Crippen LogP contribution in [0.25, 0.3) is 0 Å². The van der Waals surface area contributed by atoms with Crippen LogP contribution in [0.1, 0.15) is 19.3 Å². The topological polar surface area (TPSA) is 52.6 Å². The van der Waals surface area contributed by atoms with Gasteiger partial charge in [0.25, 0.3) is 0 Å². The first-order valence-electron chi connectivity index (χ1n) is 4.96. The second kappa shape index (κ2) is 3.64. The normalized spacial score (nSPS) is 34.5. The molecule has 0 aromatic rings. The van der Waals surface area contributed by atoms with Gasteiger partial charge in [-0.3, -0.25) is 4.79 Å². The SMILES string of the molecule is O=C1CNC(CO)C2CCCCN12. The molecule has 13 heavy (non-hydrogen) atoms. The van der Waals surface area contributed by atoms with Crippen molar-refractivity contribution in [3.05, 3.63) is 0 Å². The first-order chi connectivity index (χ1) is 6.33. The fraction of sp³-hybridized carbons (Fsp3) is 0.889. The molecule has 1 amide bonds. The summed E-state index contributed by atoms with van der Waals surface area (Å²) in [6, 6.07) is 0.331. The molecule has 0 aromatic carbocycles. The lowest BCUT2D eigenvalue weighted by atomic mass is 9.94. The Morgan fingerprint density at radius 3 is 3.15 bits per heavy atom. The number of amides is 1. The smallest absolute Gasteiger partial charge is 0.236 e. The van der Waals surface area contributed by atoms with Crippen LogP contribution in [-0.4, -0.2) is 47.7 Å². The highest BCUT2D eigenvalue weighted by atomic mass is 16.3. The number of aliphatic hydroxyl groups excluding tert-OH is 1. The van der Waals surface area contributed by atoms with E-state index < -0.39 is 0 Å². The molecule has 0 aromatic heterocycles. The number of fused-ring (bicyclic) bond motifs is 1. The van der Waals surface area contributed by atoms with Gasteiger partial charge in [0.2, 0.25) is 5.91 Å². The summed E-state index contributed by atoms with van der Waals surface area (Å²) < 4.78 is 0. The maximum Gasteiger partial charge on any atom is 0.236 e. The predicted molar refractivity (Wildman–Crippen MR) is 48.2 cm³/mol. The van der Waals surface area contributed by atoms with Gasteiger partial charge in [-0.25, -0.2) is 0 Å². The van der Waals surface area contributed by atoms with Gasteiger partial charge in [-0.2, -0.15) is 0 Å². The van der Waals surface area contributed by atoms with E-state index in [4.69, 9.17) is 5.11 Å². The molecular formula is C9H16N2O2. The van der Waals surface area contributed by atoms with E-state index >= 15 is 0 Å². The van der Waals surface area contributed by atoms with Gasteiger partial charge in [-0.15, -0.1) is 0 Å². The number of carbonyl (C=O) groups excluding carboxylic acids is 1. The van der Waals surface area contributed by atoms with Gasteiger partial charge in [0, 0.05) is 12.6 Å². The van der Waals surface area contributed by atoms with Gasteiger partial charge in [-0.1, -0.05) is 0 Å². The van der Waals surface area contributed by atoms with Crippen LogP contribution in [0.3, 0.4) is 0 Å². The highest BCUT2D eigenvalue weighted by Gasteiger charge is 2.36. The molecule has 2 heterocycles. The first kappa shape index (κ1) is 8.97. The zero-order valence-corrected chi connectivity index (χ0v) is 7.70. The minimum absolute atomic E-state index is 0.0954. The average Bonchev–Trinajstić information content (AvgIpc) is 2.19. The third-order valence-electron chi connectivity index (χ3n) is 3.05. The second-order valence-corrected chi connectivity index (χ2v) is 3.82. The quantitative estimate of drug-likeness (QED) is 0.568. The summed E-state index contributed by atoms with van der Waals surface area (Å²) in [6.45, 7) is 1.40. The molecule has 4 nitrogen and oxygen atoms in total. The molecule has 2 N–H and O–H groups in total. The minimum Gasteiger partial charge on any atom is -0.395 e. The van der Waals surface area contributed by atoms with Crippen LogP contribution in [0, 0.1) is 0 Å². The Morgan fingerprint density at radius 2 is 2.38 bits per heavy atom. The molecule has 2 aliphatic heterocycles. The number of nitrogens with zero attached hydrogens (tertiary/aromatic N) is 1. The largest absolute Gasteiger partial charge is 0.395 e. The van der Waals surface area contributed by atoms with Gasteiger partial charge >= 0.3 is 0 Å². The number of carbonyl (C=O) groups is 1. The lowest BCUT2D eigenvalue weighted by Gasteiger charge is -2.44. The Kier molecular flexibility index (Phi) is 2.51. The second-order valence-electron chi connectivity index (χ2n) is 3.82. The predicted octanol–water partition coefficient (Wildman–Crippen LogP) is -0.668. The van der Waals surface area contributed by atoms with Crippen molar-refractivity contribution < 1.29 is 9.90 Å². The van der Waals surface area contributed by atoms with E-state index in [0.29, 0.717) is 6.54 Å². The van der Waals surface area contributed by atoms with Crippen LogP contribution in [0.4, 0.5) is 0 Å². The van der Waals surface area contributed by atoms with Crippen LogP contribution >= 0.6 is 0 Å². The maximum absolute atomic E-state index is 11.5. The molecule has 0 radical (unpaired) electrons. The number of nitrogens with one attached hydrogen (secondary N) is 1. The fourth-order valence-electron chi connectivity index (χ4n) is 2.33. The van der Waals surface area contributed by atoms with E-state index in [1.54, 1.807) is 0 Å². The Labute approximate surface area is 77.9 Å². The molecule has 2 saturated heterocycles.